The fraction of sp³-hybridized carbons (Fsp3) is 0.846. The molecule has 2 heterocycles. The van der Waals surface area contributed by atoms with Gasteiger partial charge in [0.1, 0.15) is 0 Å². The third-order valence-corrected chi connectivity index (χ3v) is 4.03. The number of likely N-dealkylation sites (tertiary alicyclic amines) is 1. The number of carbonyl (C=O) groups excluding carboxylic acids is 1. The molecule has 2 rings (SSSR count). The average molecular weight is 270 g/mol. The molecular formula is C13H22N2O4. The predicted molar refractivity (Wildman–Crippen MR) is 68.8 cm³/mol. The molecule has 0 bridgehead atoms. The van der Waals surface area contributed by atoms with Crippen LogP contribution in [0.5, 0.6) is 0 Å². The van der Waals surface area contributed by atoms with Gasteiger partial charge in [0.25, 0.3) is 0 Å². The van der Waals surface area contributed by atoms with E-state index < -0.39 is 11.9 Å². The van der Waals surface area contributed by atoms with Gasteiger partial charge in [-0.15, -0.1) is 0 Å². The summed E-state index contributed by atoms with van der Waals surface area (Å²) in [6.45, 7) is 5.36. The number of aliphatic carboxylic acids is 1. The summed E-state index contributed by atoms with van der Waals surface area (Å²) in [7, 11) is 0. The number of carbonyl (C=O) groups is 2. The monoisotopic (exact) mass is 270 g/mol. The molecule has 2 aliphatic rings. The standard InChI is InChI=1S/C13H22N2O4/c1-8-6-15(7-11(8)12(16)17)13(18)14-10-3-4-19-9(2)5-10/h8-11H,3-7H2,1-2H3,(H,14,18)(H,16,17). The van der Waals surface area contributed by atoms with E-state index in [2.05, 4.69) is 5.32 Å². The number of hydrogen-bond donors (Lipinski definition) is 2. The SMILES string of the molecule is CC1CC(NC(=O)N2CC(C)C(C(=O)O)C2)CCO1. The Labute approximate surface area is 113 Å². The number of carboxylic acids is 1. The van der Waals surface area contributed by atoms with Crippen LogP contribution in [0.25, 0.3) is 0 Å². The van der Waals surface area contributed by atoms with E-state index in [4.69, 9.17) is 9.84 Å². The summed E-state index contributed by atoms with van der Waals surface area (Å²) in [5, 5.41) is 12.0. The van der Waals surface area contributed by atoms with Crippen LogP contribution in [0.4, 0.5) is 4.79 Å². The van der Waals surface area contributed by atoms with Crippen molar-refractivity contribution >= 4 is 12.0 Å². The van der Waals surface area contributed by atoms with Crippen LogP contribution in [0.1, 0.15) is 26.7 Å². The maximum Gasteiger partial charge on any atom is 0.317 e. The summed E-state index contributed by atoms with van der Waals surface area (Å²) in [4.78, 5) is 24.8. The second-order valence-electron chi connectivity index (χ2n) is 5.68. The Hall–Kier alpha value is -1.30. The Morgan fingerprint density at radius 3 is 2.63 bits per heavy atom. The zero-order valence-electron chi connectivity index (χ0n) is 11.5. The maximum absolute atomic E-state index is 12.1. The highest BCUT2D eigenvalue weighted by atomic mass is 16.5. The number of hydrogen-bond acceptors (Lipinski definition) is 3. The lowest BCUT2D eigenvalue weighted by atomic mass is 9.99. The molecule has 0 radical (unpaired) electrons. The predicted octanol–water partition coefficient (Wildman–Crippen LogP) is 0.916. The molecule has 2 saturated heterocycles. The Morgan fingerprint density at radius 1 is 1.32 bits per heavy atom. The van der Waals surface area contributed by atoms with Gasteiger partial charge in [0.15, 0.2) is 0 Å². The molecule has 4 atom stereocenters. The van der Waals surface area contributed by atoms with Crippen molar-refractivity contribution in [1.82, 2.24) is 10.2 Å². The van der Waals surface area contributed by atoms with E-state index >= 15 is 0 Å². The first-order valence-corrected chi connectivity index (χ1v) is 6.87. The molecule has 4 unspecified atom stereocenters. The van der Waals surface area contributed by atoms with E-state index in [0.717, 1.165) is 12.8 Å². The van der Waals surface area contributed by atoms with Crippen LogP contribution in [-0.4, -0.2) is 53.8 Å². The molecule has 2 fully saturated rings. The smallest absolute Gasteiger partial charge is 0.317 e. The van der Waals surface area contributed by atoms with Crippen LogP contribution in [0.15, 0.2) is 0 Å². The van der Waals surface area contributed by atoms with E-state index in [1.807, 2.05) is 13.8 Å². The Balaban J connectivity index is 1.85. The van der Waals surface area contributed by atoms with Crippen molar-refractivity contribution < 1.29 is 19.4 Å². The van der Waals surface area contributed by atoms with Gasteiger partial charge in [-0.3, -0.25) is 4.79 Å². The molecule has 2 aliphatic heterocycles. The van der Waals surface area contributed by atoms with E-state index in [0.29, 0.717) is 19.7 Å². The fourth-order valence-electron chi connectivity index (χ4n) is 2.85. The third-order valence-electron chi connectivity index (χ3n) is 4.03. The lowest BCUT2D eigenvalue weighted by Crippen LogP contribution is -2.47. The Kier molecular flexibility index (Phi) is 4.29. The average Bonchev–Trinajstić information content (AvgIpc) is 2.71. The minimum atomic E-state index is -0.817. The first kappa shape index (κ1) is 14.1. The van der Waals surface area contributed by atoms with Gasteiger partial charge in [-0.2, -0.15) is 0 Å². The summed E-state index contributed by atoms with van der Waals surface area (Å²) in [6, 6.07) is -0.00914. The number of nitrogens with zero attached hydrogens (tertiary/aromatic N) is 1. The van der Waals surface area contributed by atoms with Crippen LogP contribution in [0.2, 0.25) is 0 Å². The quantitative estimate of drug-likeness (QED) is 0.782. The molecule has 19 heavy (non-hydrogen) atoms. The number of ether oxygens (including phenoxy) is 1. The molecule has 0 aromatic heterocycles. The van der Waals surface area contributed by atoms with Gasteiger partial charge in [-0.1, -0.05) is 6.92 Å². The van der Waals surface area contributed by atoms with Crippen LogP contribution in [0, 0.1) is 11.8 Å². The van der Waals surface area contributed by atoms with Gasteiger partial charge in [0.05, 0.1) is 12.0 Å². The molecule has 0 aliphatic carbocycles. The Morgan fingerprint density at radius 2 is 2.05 bits per heavy atom. The highest BCUT2D eigenvalue weighted by molar-refractivity contribution is 5.77. The number of nitrogens with one attached hydrogen (secondary N) is 1. The molecule has 108 valence electrons. The van der Waals surface area contributed by atoms with Crippen molar-refractivity contribution in [3.63, 3.8) is 0 Å². The van der Waals surface area contributed by atoms with Gasteiger partial charge < -0.3 is 20.1 Å². The highest BCUT2D eigenvalue weighted by Crippen LogP contribution is 2.23. The second kappa shape index (κ2) is 5.77. The van der Waals surface area contributed by atoms with Crippen molar-refractivity contribution in [3.05, 3.63) is 0 Å². The Bertz CT molecular complexity index is 361. The largest absolute Gasteiger partial charge is 0.481 e. The molecular weight excluding hydrogens is 248 g/mol. The van der Waals surface area contributed by atoms with Crippen LogP contribution in [0.3, 0.4) is 0 Å². The summed E-state index contributed by atoms with van der Waals surface area (Å²) in [6.07, 6.45) is 1.81. The molecule has 2 N–H and O–H groups in total. The van der Waals surface area contributed by atoms with E-state index in [-0.39, 0.29) is 24.1 Å². The first-order valence-electron chi connectivity index (χ1n) is 6.87. The number of urea groups is 1. The molecule has 2 amide bonds. The highest BCUT2D eigenvalue weighted by Gasteiger charge is 2.37. The van der Waals surface area contributed by atoms with Crippen LogP contribution in [-0.2, 0) is 9.53 Å². The van der Waals surface area contributed by atoms with Crippen LogP contribution >= 0.6 is 0 Å². The number of amides is 2. The lowest BCUT2D eigenvalue weighted by Gasteiger charge is -2.29. The van der Waals surface area contributed by atoms with E-state index in [1.165, 1.54) is 0 Å². The summed E-state index contributed by atoms with van der Waals surface area (Å²) < 4.78 is 5.44. The maximum atomic E-state index is 12.1. The van der Waals surface area contributed by atoms with Crippen molar-refractivity contribution in [1.29, 1.82) is 0 Å². The van der Waals surface area contributed by atoms with Crippen molar-refractivity contribution in [2.24, 2.45) is 11.8 Å². The van der Waals surface area contributed by atoms with Gasteiger partial charge in [0.2, 0.25) is 0 Å². The zero-order valence-corrected chi connectivity index (χ0v) is 11.5. The third kappa shape index (κ3) is 3.37. The van der Waals surface area contributed by atoms with Crippen LogP contribution < -0.4 is 5.32 Å². The van der Waals surface area contributed by atoms with Gasteiger partial charge in [-0.25, -0.2) is 4.79 Å². The summed E-state index contributed by atoms with van der Waals surface area (Å²) >= 11 is 0. The van der Waals surface area contributed by atoms with Gasteiger partial charge in [0, 0.05) is 25.7 Å². The van der Waals surface area contributed by atoms with Crippen molar-refractivity contribution in [2.75, 3.05) is 19.7 Å². The number of rotatable bonds is 2. The lowest BCUT2D eigenvalue weighted by molar-refractivity contribution is -0.142. The normalized spacial score (nSPS) is 35.2. The van der Waals surface area contributed by atoms with Gasteiger partial charge >= 0.3 is 12.0 Å². The van der Waals surface area contributed by atoms with Crippen molar-refractivity contribution in [2.45, 2.75) is 38.8 Å². The second-order valence-corrected chi connectivity index (χ2v) is 5.68. The molecule has 0 spiro atoms. The van der Waals surface area contributed by atoms with E-state index in [1.54, 1.807) is 4.90 Å². The molecule has 0 saturated carbocycles. The topological polar surface area (TPSA) is 78.9 Å². The number of carboxylic acid groups (broad SMARTS) is 1. The van der Waals surface area contributed by atoms with Crippen molar-refractivity contribution in [3.8, 4) is 0 Å². The van der Waals surface area contributed by atoms with E-state index in [9.17, 15) is 9.59 Å². The molecule has 0 aromatic carbocycles. The molecule has 6 heteroatoms. The minimum Gasteiger partial charge on any atom is -0.481 e. The molecule has 6 nitrogen and oxygen atoms in total. The minimum absolute atomic E-state index is 0.0110. The van der Waals surface area contributed by atoms with Gasteiger partial charge in [-0.05, 0) is 25.7 Å². The summed E-state index contributed by atoms with van der Waals surface area (Å²) in [5.74, 6) is -1.25. The molecule has 0 aromatic rings. The summed E-state index contributed by atoms with van der Waals surface area (Å²) in [5.41, 5.74) is 0. The first-order chi connectivity index (χ1) is 8.97. The zero-order chi connectivity index (χ0) is 14.0. The fourth-order valence-corrected chi connectivity index (χ4v) is 2.85.